The van der Waals surface area contributed by atoms with E-state index >= 15 is 0 Å². The number of carbonyl (C=O) groups is 2. The average molecular weight is 292 g/mol. The van der Waals surface area contributed by atoms with Gasteiger partial charge in [-0.1, -0.05) is 12.1 Å². The highest BCUT2D eigenvalue weighted by Crippen LogP contribution is 2.28. The first-order valence-electron chi connectivity index (χ1n) is 6.87. The van der Waals surface area contributed by atoms with E-state index in [0.717, 1.165) is 24.2 Å². The zero-order chi connectivity index (χ0) is 15.2. The maximum Gasteiger partial charge on any atom is 0.413 e. The van der Waals surface area contributed by atoms with E-state index in [4.69, 9.17) is 4.74 Å². The van der Waals surface area contributed by atoms with E-state index in [0.29, 0.717) is 12.6 Å². The van der Waals surface area contributed by atoms with Gasteiger partial charge in [0.05, 0.1) is 20.8 Å². The summed E-state index contributed by atoms with van der Waals surface area (Å²) in [5.74, 6) is 0.461. The molecule has 2 amide bonds. The summed E-state index contributed by atoms with van der Waals surface area (Å²) in [7, 11) is 2.86. The van der Waals surface area contributed by atoms with Crippen molar-refractivity contribution in [3.8, 4) is 5.75 Å². The monoisotopic (exact) mass is 292 g/mol. The van der Waals surface area contributed by atoms with Crippen LogP contribution in [0.2, 0.25) is 0 Å². The maximum absolute atomic E-state index is 11.8. The van der Waals surface area contributed by atoms with Gasteiger partial charge in [0.2, 0.25) is 5.91 Å². The lowest BCUT2D eigenvalue weighted by atomic mass is 10.2. The number of ether oxygens (including phenoxy) is 2. The minimum Gasteiger partial charge on any atom is -0.497 e. The fourth-order valence-corrected chi connectivity index (χ4v) is 2.11. The van der Waals surface area contributed by atoms with Crippen molar-refractivity contribution in [2.45, 2.75) is 25.4 Å². The number of carbonyl (C=O) groups excluding carboxylic acids is 2. The minimum atomic E-state index is -0.722. The molecule has 6 heteroatoms. The molecule has 0 aromatic heterocycles. The molecule has 0 saturated heterocycles. The summed E-state index contributed by atoms with van der Waals surface area (Å²) in [4.78, 5) is 24.9. The zero-order valence-electron chi connectivity index (χ0n) is 12.3. The largest absolute Gasteiger partial charge is 0.497 e. The van der Waals surface area contributed by atoms with E-state index in [1.54, 1.807) is 7.11 Å². The van der Waals surface area contributed by atoms with E-state index in [1.807, 2.05) is 24.3 Å². The topological polar surface area (TPSA) is 67.9 Å². The first-order chi connectivity index (χ1) is 10.1. The van der Waals surface area contributed by atoms with Crippen LogP contribution in [0.25, 0.3) is 0 Å². The van der Waals surface area contributed by atoms with Gasteiger partial charge in [0.25, 0.3) is 0 Å². The molecule has 114 valence electrons. The Bertz CT molecular complexity index is 497. The third kappa shape index (κ3) is 4.75. The molecule has 2 rings (SSSR count). The lowest BCUT2D eigenvalue weighted by Gasteiger charge is -2.21. The highest BCUT2D eigenvalue weighted by molar-refractivity contribution is 5.92. The molecule has 1 aromatic carbocycles. The quantitative estimate of drug-likeness (QED) is 0.861. The van der Waals surface area contributed by atoms with Crippen LogP contribution in [-0.4, -0.2) is 43.7 Å². The SMILES string of the molecule is COC(=O)NC(=O)CN(Cc1ccc(OC)cc1)C1CC1. The van der Waals surface area contributed by atoms with Crippen LogP contribution in [0.5, 0.6) is 5.75 Å². The first-order valence-corrected chi connectivity index (χ1v) is 6.87. The van der Waals surface area contributed by atoms with Crippen molar-refractivity contribution in [2.24, 2.45) is 0 Å². The number of alkyl carbamates (subject to hydrolysis) is 1. The van der Waals surface area contributed by atoms with Crippen molar-refractivity contribution in [3.05, 3.63) is 29.8 Å². The first kappa shape index (κ1) is 15.3. The molecule has 1 fully saturated rings. The molecule has 1 aliphatic carbocycles. The minimum absolute atomic E-state index is 0.186. The molecule has 1 aromatic rings. The highest BCUT2D eigenvalue weighted by atomic mass is 16.5. The molecule has 0 bridgehead atoms. The molecule has 0 aliphatic heterocycles. The number of benzene rings is 1. The molecule has 0 unspecified atom stereocenters. The van der Waals surface area contributed by atoms with Crippen molar-refractivity contribution in [1.82, 2.24) is 10.2 Å². The van der Waals surface area contributed by atoms with E-state index in [2.05, 4.69) is 15.0 Å². The molecule has 1 saturated carbocycles. The van der Waals surface area contributed by atoms with Crippen LogP contribution < -0.4 is 10.1 Å². The van der Waals surface area contributed by atoms with Crippen molar-refractivity contribution in [1.29, 1.82) is 0 Å². The number of nitrogens with zero attached hydrogens (tertiary/aromatic N) is 1. The maximum atomic E-state index is 11.8. The second kappa shape index (κ2) is 7.08. The van der Waals surface area contributed by atoms with Gasteiger partial charge in [0.15, 0.2) is 0 Å². The van der Waals surface area contributed by atoms with Gasteiger partial charge in [-0.2, -0.15) is 0 Å². The normalized spacial score (nSPS) is 13.9. The van der Waals surface area contributed by atoms with Crippen LogP contribution in [0.3, 0.4) is 0 Å². The van der Waals surface area contributed by atoms with E-state index in [-0.39, 0.29) is 12.5 Å². The number of nitrogens with one attached hydrogen (secondary N) is 1. The summed E-state index contributed by atoms with van der Waals surface area (Å²) >= 11 is 0. The summed E-state index contributed by atoms with van der Waals surface area (Å²) in [6.45, 7) is 0.856. The lowest BCUT2D eigenvalue weighted by molar-refractivity contribution is -0.121. The van der Waals surface area contributed by atoms with Crippen molar-refractivity contribution >= 4 is 12.0 Å². The third-order valence-electron chi connectivity index (χ3n) is 3.38. The van der Waals surface area contributed by atoms with Gasteiger partial charge in [0.1, 0.15) is 5.75 Å². The van der Waals surface area contributed by atoms with Gasteiger partial charge in [-0.3, -0.25) is 15.0 Å². The molecule has 21 heavy (non-hydrogen) atoms. The molecular weight excluding hydrogens is 272 g/mol. The van der Waals surface area contributed by atoms with E-state index in [1.165, 1.54) is 7.11 Å². The summed E-state index contributed by atoms with van der Waals surface area (Å²) in [5.41, 5.74) is 1.11. The molecular formula is C15H20N2O4. The molecule has 6 nitrogen and oxygen atoms in total. The van der Waals surface area contributed by atoms with Crippen LogP contribution in [-0.2, 0) is 16.1 Å². The Kier molecular flexibility index (Phi) is 5.16. The second-order valence-corrected chi connectivity index (χ2v) is 5.02. The number of methoxy groups -OCH3 is 2. The predicted octanol–water partition coefficient (Wildman–Crippen LogP) is 1.54. The number of rotatable bonds is 6. The Labute approximate surface area is 124 Å². The standard InChI is InChI=1S/C15H20N2O4/c1-20-13-7-3-11(4-8-13)9-17(12-5-6-12)10-14(18)16-15(19)21-2/h3-4,7-8,12H,5-6,9-10H2,1-2H3,(H,16,18,19). The molecule has 1 N–H and O–H groups in total. The van der Waals surface area contributed by atoms with Crippen LogP contribution in [0.4, 0.5) is 4.79 Å². The number of amides is 2. The number of imide groups is 1. The van der Waals surface area contributed by atoms with E-state index in [9.17, 15) is 9.59 Å². The van der Waals surface area contributed by atoms with Gasteiger partial charge in [-0.15, -0.1) is 0 Å². The van der Waals surface area contributed by atoms with Gasteiger partial charge < -0.3 is 9.47 Å². The summed E-state index contributed by atoms with van der Waals surface area (Å²) in [6, 6.07) is 8.17. The van der Waals surface area contributed by atoms with E-state index < -0.39 is 6.09 Å². The Balaban J connectivity index is 1.92. The average Bonchev–Trinajstić information content (AvgIpc) is 3.31. The van der Waals surface area contributed by atoms with Gasteiger partial charge in [0, 0.05) is 12.6 Å². The van der Waals surface area contributed by atoms with Gasteiger partial charge >= 0.3 is 6.09 Å². The predicted molar refractivity (Wildman–Crippen MR) is 77.0 cm³/mol. The van der Waals surface area contributed by atoms with Crippen molar-refractivity contribution in [3.63, 3.8) is 0 Å². The molecule has 0 radical (unpaired) electrons. The highest BCUT2D eigenvalue weighted by Gasteiger charge is 2.30. The van der Waals surface area contributed by atoms with Crippen molar-refractivity contribution < 1.29 is 19.1 Å². The number of hydrogen-bond acceptors (Lipinski definition) is 5. The van der Waals surface area contributed by atoms with Gasteiger partial charge in [-0.05, 0) is 30.5 Å². The zero-order valence-corrected chi connectivity index (χ0v) is 12.3. The van der Waals surface area contributed by atoms with Crippen molar-refractivity contribution in [2.75, 3.05) is 20.8 Å². The second-order valence-electron chi connectivity index (χ2n) is 5.02. The Morgan fingerprint density at radius 3 is 2.43 bits per heavy atom. The lowest BCUT2D eigenvalue weighted by Crippen LogP contribution is -2.40. The van der Waals surface area contributed by atoms with Crippen LogP contribution in [0.15, 0.2) is 24.3 Å². The fourth-order valence-electron chi connectivity index (χ4n) is 2.11. The molecule has 1 aliphatic rings. The molecule has 0 atom stereocenters. The summed E-state index contributed by atoms with van der Waals surface area (Å²) < 4.78 is 9.54. The summed E-state index contributed by atoms with van der Waals surface area (Å²) in [5, 5.41) is 2.18. The Morgan fingerprint density at radius 2 is 1.90 bits per heavy atom. The fraction of sp³-hybridized carbons (Fsp3) is 0.467. The van der Waals surface area contributed by atoms with Gasteiger partial charge in [-0.25, -0.2) is 4.79 Å². The Hall–Kier alpha value is -2.08. The smallest absolute Gasteiger partial charge is 0.413 e. The number of hydrogen-bond donors (Lipinski definition) is 1. The third-order valence-corrected chi connectivity index (χ3v) is 3.38. The summed E-state index contributed by atoms with van der Waals surface area (Å²) in [6.07, 6.45) is 1.45. The molecule has 0 heterocycles. The van der Waals surface area contributed by atoms with Crippen LogP contribution >= 0.6 is 0 Å². The van der Waals surface area contributed by atoms with Crippen LogP contribution in [0, 0.1) is 0 Å². The molecule has 0 spiro atoms. The van der Waals surface area contributed by atoms with Crippen LogP contribution in [0.1, 0.15) is 18.4 Å². The Morgan fingerprint density at radius 1 is 1.24 bits per heavy atom.